The van der Waals surface area contributed by atoms with Crippen LogP contribution in [0.3, 0.4) is 0 Å². The quantitative estimate of drug-likeness (QED) is 0.822. The van der Waals surface area contributed by atoms with Gasteiger partial charge in [-0.25, -0.2) is 4.39 Å². The van der Waals surface area contributed by atoms with Crippen LogP contribution in [0.1, 0.15) is 31.2 Å². The predicted molar refractivity (Wildman–Crippen MR) is 72.5 cm³/mol. The highest BCUT2D eigenvalue weighted by Gasteiger charge is 2.33. The maximum Gasteiger partial charge on any atom is 0.146 e. The Balaban J connectivity index is 1.89. The minimum Gasteiger partial charge on any atom is -0.363 e. The lowest BCUT2D eigenvalue weighted by atomic mass is 9.87. The van der Waals surface area contributed by atoms with E-state index in [2.05, 4.69) is 10.2 Å². The molecule has 2 aliphatic rings. The van der Waals surface area contributed by atoms with Gasteiger partial charge in [-0.2, -0.15) is 0 Å². The molecule has 1 aliphatic heterocycles. The van der Waals surface area contributed by atoms with Gasteiger partial charge in [-0.05, 0) is 37.5 Å². The summed E-state index contributed by atoms with van der Waals surface area (Å²) in [6, 6.07) is 6.63. The van der Waals surface area contributed by atoms with Crippen LogP contribution in [0.4, 0.5) is 10.1 Å². The lowest BCUT2D eigenvalue weighted by Crippen LogP contribution is -2.59. The number of piperazine rings is 1. The van der Waals surface area contributed by atoms with Crippen LogP contribution in [-0.4, -0.2) is 25.2 Å². The molecule has 0 aromatic heterocycles. The summed E-state index contributed by atoms with van der Waals surface area (Å²) in [6.07, 6.45) is 4.99. The lowest BCUT2D eigenvalue weighted by Gasteiger charge is -2.46. The van der Waals surface area contributed by atoms with E-state index in [1.165, 1.54) is 25.7 Å². The highest BCUT2D eigenvalue weighted by atomic mass is 19.1. The molecule has 0 radical (unpaired) electrons. The van der Waals surface area contributed by atoms with Crippen molar-refractivity contribution in [3.8, 4) is 0 Å². The number of nitrogens with zero attached hydrogens (tertiary/aromatic N) is 1. The fourth-order valence-corrected chi connectivity index (χ4v) is 3.40. The third kappa shape index (κ3) is 2.12. The average Bonchev–Trinajstić information content (AvgIpc) is 2.38. The van der Waals surface area contributed by atoms with Crippen molar-refractivity contribution in [3.63, 3.8) is 0 Å². The summed E-state index contributed by atoms with van der Waals surface area (Å²) in [7, 11) is 0. The maximum atomic E-state index is 14.1. The molecule has 3 heteroatoms. The first kappa shape index (κ1) is 12.0. The first-order valence-corrected chi connectivity index (χ1v) is 7.02. The second kappa shape index (κ2) is 4.88. The standard InChI is InChI=1S/C15H21FN2/c1-11-6-7-14(12(16)10-11)18-9-8-17-13-4-2-3-5-15(13)18/h6-7,10,13,15,17H,2-5,8-9H2,1H3/t13-,15+/m1/s1. The summed E-state index contributed by atoms with van der Waals surface area (Å²) >= 11 is 0. The molecule has 0 spiro atoms. The predicted octanol–water partition coefficient (Wildman–Crippen LogP) is 2.85. The van der Waals surface area contributed by atoms with Gasteiger partial charge in [0.15, 0.2) is 0 Å². The zero-order valence-electron chi connectivity index (χ0n) is 11.0. The lowest BCUT2D eigenvalue weighted by molar-refractivity contribution is 0.282. The van der Waals surface area contributed by atoms with Crippen molar-refractivity contribution >= 4 is 5.69 Å². The van der Waals surface area contributed by atoms with Crippen LogP contribution in [0.5, 0.6) is 0 Å². The van der Waals surface area contributed by atoms with Crippen LogP contribution in [0, 0.1) is 12.7 Å². The van der Waals surface area contributed by atoms with Crippen molar-refractivity contribution in [3.05, 3.63) is 29.6 Å². The SMILES string of the molecule is Cc1ccc(N2CCN[C@@H]3CCCC[C@@H]32)c(F)c1. The zero-order chi connectivity index (χ0) is 12.5. The molecule has 3 rings (SSSR count). The van der Waals surface area contributed by atoms with Gasteiger partial charge in [0.2, 0.25) is 0 Å². The van der Waals surface area contributed by atoms with Gasteiger partial charge in [0.25, 0.3) is 0 Å². The van der Waals surface area contributed by atoms with E-state index in [1.807, 2.05) is 19.1 Å². The zero-order valence-corrected chi connectivity index (χ0v) is 11.0. The minimum absolute atomic E-state index is 0.0683. The number of benzene rings is 1. The maximum absolute atomic E-state index is 14.1. The summed E-state index contributed by atoms with van der Waals surface area (Å²) in [4.78, 5) is 2.29. The molecular weight excluding hydrogens is 227 g/mol. The number of aryl methyl sites for hydroxylation is 1. The molecule has 1 aromatic rings. The molecule has 1 saturated heterocycles. The van der Waals surface area contributed by atoms with Gasteiger partial charge in [-0.1, -0.05) is 18.9 Å². The molecular formula is C15H21FN2. The first-order valence-electron chi connectivity index (χ1n) is 7.02. The molecule has 2 nitrogen and oxygen atoms in total. The van der Waals surface area contributed by atoms with Gasteiger partial charge < -0.3 is 10.2 Å². The van der Waals surface area contributed by atoms with E-state index in [1.54, 1.807) is 6.07 Å². The Labute approximate surface area is 108 Å². The first-order chi connectivity index (χ1) is 8.75. The number of halogens is 1. The van der Waals surface area contributed by atoms with Crippen molar-refractivity contribution in [2.24, 2.45) is 0 Å². The molecule has 1 N–H and O–H groups in total. The number of rotatable bonds is 1. The number of hydrogen-bond donors (Lipinski definition) is 1. The van der Waals surface area contributed by atoms with Crippen molar-refractivity contribution in [2.75, 3.05) is 18.0 Å². The molecule has 98 valence electrons. The van der Waals surface area contributed by atoms with E-state index in [0.717, 1.165) is 24.3 Å². The van der Waals surface area contributed by atoms with Crippen LogP contribution in [0.25, 0.3) is 0 Å². The van der Waals surface area contributed by atoms with E-state index in [9.17, 15) is 4.39 Å². The van der Waals surface area contributed by atoms with Crippen molar-refractivity contribution in [1.29, 1.82) is 0 Å². The molecule has 0 amide bonds. The fourth-order valence-electron chi connectivity index (χ4n) is 3.40. The Kier molecular flexibility index (Phi) is 3.25. The number of fused-ring (bicyclic) bond motifs is 1. The smallest absolute Gasteiger partial charge is 0.146 e. The number of nitrogens with one attached hydrogen (secondary N) is 1. The van der Waals surface area contributed by atoms with Gasteiger partial charge >= 0.3 is 0 Å². The highest BCUT2D eigenvalue weighted by molar-refractivity contribution is 5.51. The monoisotopic (exact) mass is 248 g/mol. The summed E-state index contributed by atoms with van der Waals surface area (Å²) in [5, 5.41) is 3.59. The van der Waals surface area contributed by atoms with E-state index < -0.39 is 0 Å². The van der Waals surface area contributed by atoms with Gasteiger partial charge in [-0.15, -0.1) is 0 Å². The molecule has 0 unspecified atom stereocenters. The minimum atomic E-state index is -0.0683. The van der Waals surface area contributed by atoms with Gasteiger partial charge in [0, 0.05) is 25.2 Å². The Bertz CT molecular complexity index is 431. The molecule has 1 aliphatic carbocycles. The van der Waals surface area contributed by atoms with Gasteiger partial charge in [-0.3, -0.25) is 0 Å². The second-order valence-electron chi connectivity index (χ2n) is 5.56. The number of anilines is 1. The van der Waals surface area contributed by atoms with Crippen molar-refractivity contribution in [1.82, 2.24) is 5.32 Å². The van der Waals surface area contributed by atoms with Crippen LogP contribution < -0.4 is 10.2 Å². The summed E-state index contributed by atoms with van der Waals surface area (Å²) in [6.45, 7) is 3.82. The molecule has 1 heterocycles. The van der Waals surface area contributed by atoms with Crippen LogP contribution in [-0.2, 0) is 0 Å². The molecule has 1 saturated carbocycles. The third-order valence-electron chi connectivity index (χ3n) is 4.30. The van der Waals surface area contributed by atoms with Gasteiger partial charge in [0.05, 0.1) is 5.69 Å². The van der Waals surface area contributed by atoms with Crippen LogP contribution >= 0.6 is 0 Å². The van der Waals surface area contributed by atoms with Crippen molar-refractivity contribution in [2.45, 2.75) is 44.7 Å². The molecule has 2 atom stereocenters. The molecule has 0 bridgehead atoms. The second-order valence-corrected chi connectivity index (χ2v) is 5.56. The topological polar surface area (TPSA) is 15.3 Å². The third-order valence-corrected chi connectivity index (χ3v) is 4.30. The molecule has 2 fully saturated rings. The molecule has 1 aromatic carbocycles. The Morgan fingerprint density at radius 3 is 2.94 bits per heavy atom. The largest absolute Gasteiger partial charge is 0.363 e. The molecule has 18 heavy (non-hydrogen) atoms. The van der Waals surface area contributed by atoms with Crippen LogP contribution in [0.2, 0.25) is 0 Å². The van der Waals surface area contributed by atoms with Gasteiger partial charge in [0.1, 0.15) is 5.82 Å². The Morgan fingerprint density at radius 1 is 1.28 bits per heavy atom. The van der Waals surface area contributed by atoms with E-state index in [4.69, 9.17) is 0 Å². The normalized spacial score (nSPS) is 28.0. The van der Waals surface area contributed by atoms with E-state index in [0.29, 0.717) is 12.1 Å². The Hall–Kier alpha value is -1.09. The van der Waals surface area contributed by atoms with Crippen LogP contribution in [0.15, 0.2) is 18.2 Å². The van der Waals surface area contributed by atoms with E-state index >= 15 is 0 Å². The van der Waals surface area contributed by atoms with Crippen molar-refractivity contribution < 1.29 is 4.39 Å². The summed E-state index contributed by atoms with van der Waals surface area (Å²) < 4.78 is 14.1. The number of hydrogen-bond acceptors (Lipinski definition) is 2. The average molecular weight is 248 g/mol. The summed E-state index contributed by atoms with van der Waals surface area (Å²) in [5.41, 5.74) is 1.78. The highest BCUT2D eigenvalue weighted by Crippen LogP contribution is 2.31. The fraction of sp³-hybridized carbons (Fsp3) is 0.600. The summed E-state index contributed by atoms with van der Waals surface area (Å²) in [5.74, 6) is -0.0683. The Morgan fingerprint density at radius 2 is 2.11 bits per heavy atom. The van der Waals surface area contributed by atoms with E-state index in [-0.39, 0.29) is 5.82 Å².